The second-order valence-electron chi connectivity index (χ2n) is 8.34. The van der Waals surface area contributed by atoms with Crippen LogP contribution in [0.25, 0.3) is 16.0 Å². The molecule has 0 saturated carbocycles. The molecule has 4 heterocycles. The highest BCUT2D eigenvalue weighted by Crippen LogP contribution is 2.44. The first-order chi connectivity index (χ1) is 16.5. The van der Waals surface area contributed by atoms with Gasteiger partial charge in [-0.2, -0.15) is 0 Å². The van der Waals surface area contributed by atoms with E-state index in [-0.39, 0.29) is 17.4 Å². The summed E-state index contributed by atoms with van der Waals surface area (Å²) in [4.78, 5) is 37.0. The highest BCUT2D eigenvalue weighted by molar-refractivity contribution is 7.22. The summed E-state index contributed by atoms with van der Waals surface area (Å²) in [5, 5.41) is 11.7. The van der Waals surface area contributed by atoms with Gasteiger partial charge in [-0.1, -0.05) is 29.5 Å². The van der Waals surface area contributed by atoms with E-state index >= 15 is 0 Å². The quantitative estimate of drug-likeness (QED) is 0.267. The highest BCUT2D eigenvalue weighted by Gasteiger charge is 2.48. The van der Waals surface area contributed by atoms with E-state index in [9.17, 15) is 14.7 Å². The summed E-state index contributed by atoms with van der Waals surface area (Å²) >= 11 is 1.32. The first-order valence-electron chi connectivity index (χ1n) is 10.9. The van der Waals surface area contributed by atoms with Gasteiger partial charge in [0.1, 0.15) is 23.7 Å². The predicted octanol–water partition coefficient (Wildman–Crippen LogP) is 4.64. The first kappa shape index (κ1) is 20.6. The zero-order chi connectivity index (χ0) is 23.4. The molecule has 2 aromatic carbocycles. The normalized spacial score (nSPS) is 21.1. The lowest BCUT2D eigenvalue weighted by Gasteiger charge is -2.22. The largest absolute Gasteiger partial charge is 0.507 e. The van der Waals surface area contributed by atoms with Crippen molar-refractivity contribution in [2.24, 2.45) is 0 Å². The van der Waals surface area contributed by atoms with E-state index in [1.807, 2.05) is 37.3 Å². The lowest BCUT2D eigenvalue weighted by molar-refractivity contribution is -0.132. The van der Waals surface area contributed by atoms with Gasteiger partial charge in [-0.25, -0.2) is 4.98 Å². The van der Waals surface area contributed by atoms with Crippen molar-refractivity contribution in [3.63, 3.8) is 0 Å². The van der Waals surface area contributed by atoms with Gasteiger partial charge in [0.15, 0.2) is 5.13 Å². The predicted molar refractivity (Wildman–Crippen MR) is 129 cm³/mol. The van der Waals surface area contributed by atoms with Gasteiger partial charge in [0.2, 0.25) is 0 Å². The number of anilines is 1. The standard InChI is InChI=1S/C26H19N3O4S/c1-14-12-16-13-15(9-10-19(16)33-14)23(30)21-22(18-7-4-5-11-27-18)29(25(32)24(21)31)26-28-17-6-2-3-8-20(17)34-26/h2-11,13-14,22,30H,12H2,1H3/b23-21+. The van der Waals surface area contributed by atoms with Gasteiger partial charge in [0, 0.05) is 18.2 Å². The molecular weight excluding hydrogens is 450 g/mol. The van der Waals surface area contributed by atoms with Crippen molar-refractivity contribution < 1.29 is 19.4 Å². The van der Waals surface area contributed by atoms with E-state index in [2.05, 4.69) is 9.97 Å². The van der Waals surface area contributed by atoms with Crippen LogP contribution in [0.1, 0.15) is 29.8 Å². The summed E-state index contributed by atoms with van der Waals surface area (Å²) in [6, 6.07) is 17.2. The molecule has 2 aromatic heterocycles. The molecule has 0 spiro atoms. The van der Waals surface area contributed by atoms with Crippen LogP contribution in [0.3, 0.4) is 0 Å². The lowest BCUT2D eigenvalue weighted by Crippen LogP contribution is -2.29. The van der Waals surface area contributed by atoms with Gasteiger partial charge in [-0.3, -0.25) is 19.5 Å². The monoisotopic (exact) mass is 469 g/mol. The number of para-hydroxylation sites is 1. The van der Waals surface area contributed by atoms with E-state index in [0.29, 0.717) is 22.8 Å². The number of aliphatic hydroxyl groups is 1. The van der Waals surface area contributed by atoms with E-state index in [1.54, 1.807) is 36.5 Å². The third-order valence-corrected chi connectivity index (χ3v) is 7.11. The molecule has 1 saturated heterocycles. The Labute approximate surface area is 199 Å². The number of hydrogen-bond donors (Lipinski definition) is 1. The molecule has 2 atom stereocenters. The third-order valence-electron chi connectivity index (χ3n) is 6.07. The molecule has 34 heavy (non-hydrogen) atoms. The van der Waals surface area contributed by atoms with Crippen molar-refractivity contribution in [3.8, 4) is 5.75 Å². The van der Waals surface area contributed by atoms with Crippen molar-refractivity contribution in [2.45, 2.75) is 25.5 Å². The summed E-state index contributed by atoms with van der Waals surface area (Å²) in [7, 11) is 0. The summed E-state index contributed by atoms with van der Waals surface area (Å²) in [5.41, 5.74) is 2.61. The number of aliphatic hydroxyl groups excluding tert-OH is 1. The van der Waals surface area contributed by atoms with Gasteiger partial charge in [-0.05, 0) is 55.0 Å². The number of pyridine rings is 1. The Bertz CT molecular complexity index is 1460. The molecular formula is C26H19N3O4S. The van der Waals surface area contributed by atoms with Gasteiger partial charge in [0.05, 0.1) is 21.5 Å². The number of aromatic nitrogens is 2. The van der Waals surface area contributed by atoms with E-state index in [0.717, 1.165) is 21.5 Å². The Morgan fingerprint density at radius 2 is 1.94 bits per heavy atom. The molecule has 1 amide bonds. The Morgan fingerprint density at radius 1 is 1.12 bits per heavy atom. The molecule has 1 N–H and O–H groups in total. The minimum absolute atomic E-state index is 0.00475. The van der Waals surface area contributed by atoms with Crippen LogP contribution >= 0.6 is 11.3 Å². The van der Waals surface area contributed by atoms with Gasteiger partial charge in [0.25, 0.3) is 5.78 Å². The minimum atomic E-state index is -0.898. The van der Waals surface area contributed by atoms with Crippen LogP contribution in [0.4, 0.5) is 5.13 Å². The number of carbonyl (C=O) groups is 2. The average molecular weight is 470 g/mol. The van der Waals surface area contributed by atoms with Crippen LogP contribution < -0.4 is 9.64 Å². The highest BCUT2D eigenvalue weighted by atomic mass is 32.1. The van der Waals surface area contributed by atoms with Gasteiger partial charge >= 0.3 is 5.91 Å². The lowest BCUT2D eigenvalue weighted by atomic mass is 9.97. The minimum Gasteiger partial charge on any atom is -0.507 e. The van der Waals surface area contributed by atoms with Crippen LogP contribution in [0.15, 0.2) is 72.4 Å². The summed E-state index contributed by atoms with van der Waals surface area (Å²) in [5.74, 6) is -0.980. The van der Waals surface area contributed by atoms with Crippen molar-refractivity contribution in [3.05, 3.63) is 89.3 Å². The molecule has 7 nitrogen and oxygen atoms in total. The van der Waals surface area contributed by atoms with Crippen molar-refractivity contribution in [1.29, 1.82) is 0 Å². The van der Waals surface area contributed by atoms with Crippen molar-refractivity contribution in [1.82, 2.24) is 9.97 Å². The fraction of sp³-hybridized carbons (Fsp3) is 0.154. The number of benzene rings is 2. The summed E-state index contributed by atoms with van der Waals surface area (Å²) < 4.78 is 6.65. The van der Waals surface area contributed by atoms with E-state index in [1.165, 1.54) is 16.2 Å². The summed E-state index contributed by atoms with van der Waals surface area (Å²) in [6.45, 7) is 1.98. The van der Waals surface area contributed by atoms with Crippen LogP contribution in [0, 0.1) is 0 Å². The number of nitrogens with zero attached hydrogens (tertiary/aromatic N) is 3. The molecule has 6 rings (SSSR count). The van der Waals surface area contributed by atoms with Crippen LogP contribution in [0.5, 0.6) is 5.75 Å². The number of carbonyl (C=O) groups excluding carboxylic acids is 2. The second kappa shape index (κ2) is 7.78. The van der Waals surface area contributed by atoms with E-state index in [4.69, 9.17) is 4.74 Å². The van der Waals surface area contributed by atoms with Gasteiger partial charge < -0.3 is 9.84 Å². The number of Topliss-reactive ketones (excluding diaryl/α,β-unsaturated/α-hetero) is 1. The number of hydrogen-bond acceptors (Lipinski definition) is 7. The summed E-state index contributed by atoms with van der Waals surface area (Å²) in [6.07, 6.45) is 2.35. The molecule has 2 unspecified atom stereocenters. The zero-order valence-electron chi connectivity index (χ0n) is 18.1. The number of fused-ring (bicyclic) bond motifs is 2. The maximum Gasteiger partial charge on any atom is 0.301 e. The molecule has 2 aliphatic heterocycles. The Hall–Kier alpha value is -4.04. The fourth-order valence-corrected chi connectivity index (χ4v) is 5.53. The number of rotatable bonds is 3. The van der Waals surface area contributed by atoms with Crippen molar-refractivity contribution in [2.75, 3.05) is 4.90 Å². The van der Waals surface area contributed by atoms with Crippen LogP contribution in [-0.4, -0.2) is 32.9 Å². The Balaban J connectivity index is 1.53. The molecule has 2 aliphatic rings. The van der Waals surface area contributed by atoms with Crippen molar-refractivity contribution >= 4 is 44.1 Å². The third kappa shape index (κ3) is 3.18. The maximum atomic E-state index is 13.3. The second-order valence-corrected chi connectivity index (χ2v) is 9.35. The number of amides is 1. The molecule has 4 aromatic rings. The SMILES string of the molecule is CC1Cc2cc(/C(O)=C3\C(=O)C(=O)N(c4nc5ccccc5s4)C3c3ccccn3)ccc2O1. The molecule has 0 bridgehead atoms. The molecule has 8 heteroatoms. The molecule has 168 valence electrons. The topological polar surface area (TPSA) is 92.6 Å². The number of ketones is 1. The molecule has 0 aliphatic carbocycles. The number of thiazole rings is 1. The average Bonchev–Trinajstić information content (AvgIpc) is 3.51. The Kier molecular flexibility index (Phi) is 4.70. The van der Waals surface area contributed by atoms with E-state index < -0.39 is 17.7 Å². The first-order valence-corrected chi connectivity index (χ1v) is 11.7. The van der Waals surface area contributed by atoms with Gasteiger partial charge in [-0.15, -0.1) is 0 Å². The smallest absolute Gasteiger partial charge is 0.301 e. The van der Waals surface area contributed by atoms with Crippen LogP contribution in [-0.2, 0) is 16.0 Å². The van der Waals surface area contributed by atoms with Crippen LogP contribution in [0.2, 0.25) is 0 Å². The molecule has 0 radical (unpaired) electrons. The maximum absolute atomic E-state index is 13.3. The Morgan fingerprint density at radius 3 is 2.74 bits per heavy atom. The fourth-order valence-electron chi connectivity index (χ4n) is 4.54. The molecule has 1 fully saturated rings. The zero-order valence-corrected chi connectivity index (χ0v) is 19.0. The number of ether oxygens (including phenoxy) is 1.